The molecule has 4 rings (SSSR count). The van der Waals surface area contributed by atoms with Crippen LogP contribution in [0.15, 0.2) is 83.8 Å². The molecule has 0 aromatic heterocycles. The Hall–Kier alpha value is -3.85. The normalized spacial score (nSPS) is 14.9. The SMILES string of the molecule is CN(c1ccccc1)S(=O)(=O)c1ccc(C(=O)OCC(=O)NC2CCOc3ccccc32)cc1. The molecule has 3 aromatic rings. The summed E-state index contributed by atoms with van der Waals surface area (Å²) in [5.41, 5.74) is 1.54. The van der Waals surface area contributed by atoms with E-state index in [0.717, 1.165) is 11.3 Å². The Morgan fingerprint density at radius 2 is 1.68 bits per heavy atom. The fourth-order valence-electron chi connectivity index (χ4n) is 3.64. The summed E-state index contributed by atoms with van der Waals surface area (Å²) >= 11 is 0. The van der Waals surface area contributed by atoms with E-state index < -0.39 is 28.5 Å². The predicted octanol–water partition coefficient (Wildman–Crippen LogP) is 3.31. The Kier molecular flexibility index (Phi) is 6.83. The van der Waals surface area contributed by atoms with Crippen LogP contribution in [0.25, 0.3) is 0 Å². The van der Waals surface area contributed by atoms with Gasteiger partial charge in [-0.15, -0.1) is 0 Å². The average molecular weight is 481 g/mol. The molecule has 8 nitrogen and oxygen atoms in total. The molecular formula is C25H24N2O6S. The Morgan fingerprint density at radius 3 is 2.41 bits per heavy atom. The maximum Gasteiger partial charge on any atom is 0.338 e. The zero-order valence-electron chi connectivity index (χ0n) is 18.5. The highest BCUT2D eigenvalue weighted by molar-refractivity contribution is 7.92. The van der Waals surface area contributed by atoms with Gasteiger partial charge in [-0.25, -0.2) is 13.2 Å². The van der Waals surface area contributed by atoms with Gasteiger partial charge < -0.3 is 14.8 Å². The van der Waals surface area contributed by atoms with E-state index in [4.69, 9.17) is 9.47 Å². The minimum absolute atomic E-state index is 0.0336. The van der Waals surface area contributed by atoms with Crippen LogP contribution in [0.4, 0.5) is 5.69 Å². The number of anilines is 1. The molecule has 1 atom stereocenters. The molecule has 1 N–H and O–H groups in total. The summed E-state index contributed by atoms with van der Waals surface area (Å²) in [5, 5.41) is 2.86. The van der Waals surface area contributed by atoms with Crippen LogP contribution in [-0.4, -0.2) is 40.6 Å². The number of ether oxygens (including phenoxy) is 2. The van der Waals surface area contributed by atoms with Gasteiger partial charge in [-0.2, -0.15) is 0 Å². The summed E-state index contributed by atoms with van der Waals surface area (Å²) in [6.07, 6.45) is 0.615. The Bertz CT molecular complexity index is 1280. The van der Waals surface area contributed by atoms with E-state index in [-0.39, 0.29) is 16.5 Å². The highest BCUT2D eigenvalue weighted by atomic mass is 32.2. The Labute approximate surface area is 198 Å². The molecule has 1 aliphatic rings. The number of fused-ring (bicyclic) bond motifs is 1. The highest BCUT2D eigenvalue weighted by Gasteiger charge is 2.24. The fourth-order valence-corrected chi connectivity index (χ4v) is 4.84. The van der Waals surface area contributed by atoms with Gasteiger partial charge in [-0.05, 0) is 42.5 Å². The second kappa shape index (κ2) is 9.96. The maximum atomic E-state index is 12.9. The number of hydrogen-bond acceptors (Lipinski definition) is 6. The van der Waals surface area contributed by atoms with Gasteiger partial charge in [0.1, 0.15) is 5.75 Å². The largest absolute Gasteiger partial charge is 0.493 e. The van der Waals surface area contributed by atoms with Gasteiger partial charge in [0.25, 0.3) is 15.9 Å². The first-order valence-corrected chi connectivity index (χ1v) is 12.1. The summed E-state index contributed by atoms with van der Waals surface area (Å²) in [4.78, 5) is 24.7. The number of para-hydroxylation sites is 2. The summed E-state index contributed by atoms with van der Waals surface area (Å²) in [6.45, 7) is 0.0334. The third-order valence-corrected chi connectivity index (χ3v) is 7.30. The van der Waals surface area contributed by atoms with E-state index in [1.54, 1.807) is 30.3 Å². The minimum Gasteiger partial charge on any atom is -0.493 e. The average Bonchev–Trinajstić information content (AvgIpc) is 2.87. The van der Waals surface area contributed by atoms with E-state index in [9.17, 15) is 18.0 Å². The minimum atomic E-state index is -3.79. The van der Waals surface area contributed by atoms with Crippen LogP contribution in [0.2, 0.25) is 0 Å². The standard InChI is InChI=1S/C25H24N2O6S/c1-27(19-7-3-2-4-8-19)34(30,31)20-13-11-18(12-14-20)25(29)33-17-24(28)26-22-15-16-32-23-10-6-5-9-21(22)23/h2-14,22H,15-17H2,1H3,(H,26,28). The number of carbonyl (C=O) groups is 2. The summed E-state index contributed by atoms with van der Waals surface area (Å²) in [5.74, 6) is -0.425. The number of sulfonamides is 1. The molecular weight excluding hydrogens is 456 g/mol. The van der Waals surface area contributed by atoms with Crippen molar-refractivity contribution in [3.05, 3.63) is 90.0 Å². The Morgan fingerprint density at radius 1 is 1.00 bits per heavy atom. The molecule has 0 spiro atoms. The van der Waals surface area contributed by atoms with Crippen LogP contribution in [-0.2, 0) is 19.6 Å². The molecule has 1 amide bonds. The molecule has 1 heterocycles. The Balaban J connectivity index is 1.35. The number of nitrogens with one attached hydrogen (secondary N) is 1. The molecule has 176 valence electrons. The summed E-state index contributed by atoms with van der Waals surface area (Å²) in [7, 11) is -2.33. The number of amides is 1. The van der Waals surface area contributed by atoms with Crippen LogP contribution < -0.4 is 14.4 Å². The third kappa shape index (κ3) is 5.04. The van der Waals surface area contributed by atoms with Gasteiger partial charge in [0, 0.05) is 19.0 Å². The van der Waals surface area contributed by atoms with Crippen molar-refractivity contribution in [1.82, 2.24) is 5.32 Å². The first-order chi connectivity index (χ1) is 16.4. The monoisotopic (exact) mass is 480 g/mol. The van der Waals surface area contributed by atoms with Gasteiger partial charge in [0.2, 0.25) is 0 Å². The lowest BCUT2D eigenvalue weighted by molar-refractivity contribution is -0.125. The number of esters is 1. The molecule has 1 aliphatic heterocycles. The van der Waals surface area contributed by atoms with Crippen molar-refractivity contribution in [2.45, 2.75) is 17.4 Å². The van der Waals surface area contributed by atoms with Gasteiger partial charge in [-0.1, -0.05) is 36.4 Å². The number of carbonyl (C=O) groups excluding carboxylic acids is 2. The van der Waals surface area contributed by atoms with Crippen molar-refractivity contribution in [3.63, 3.8) is 0 Å². The first kappa shape index (κ1) is 23.3. The van der Waals surface area contributed by atoms with Crippen molar-refractivity contribution in [2.24, 2.45) is 0 Å². The quantitative estimate of drug-likeness (QED) is 0.521. The van der Waals surface area contributed by atoms with Crippen LogP contribution in [0.1, 0.15) is 28.4 Å². The van der Waals surface area contributed by atoms with Crippen LogP contribution in [0.5, 0.6) is 5.75 Å². The number of hydrogen-bond donors (Lipinski definition) is 1. The summed E-state index contributed by atoms with van der Waals surface area (Å²) in [6, 6.07) is 21.3. The van der Waals surface area contributed by atoms with Gasteiger partial charge in [-0.3, -0.25) is 9.10 Å². The molecule has 34 heavy (non-hydrogen) atoms. The first-order valence-electron chi connectivity index (χ1n) is 10.7. The van der Waals surface area contributed by atoms with Crippen LogP contribution >= 0.6 is 0 Å². The van der Waals surface area contributed by atoms with Crippen molar-refractivity contribution >= 4 is 27.6 Å². The van der Waals surface area contributed by atoms with Crippen molar-refractivity contribution in [2.75, 3.05) is 24.6 Å². The molecule has 3 aromatic carbocycles. The van der Waals surface area contributed by atoms with E-state index >= 15 is 0 Å². The molecule has 0 bridgehead atoms. The number of nitrogens with zero attached hydrogens (tertiary/aromatic N) is 1. The van der Waals surface area contributed by atoms with Crippen LogP contribution in [0, 0.1) is 0 Å². The zero-order valence-corrected chi connectivity index (χ0v) is 19.3. The lowest BCUT2D eigenvalue weighted by Gasteiger charge is -2.26. The topological polar surface area (TPSA) is 102 Å². The van der Waals surface area contributed by atoms with Gasteiger partial charge in [0.05, 0.1) is 28.8 Å². The molecule has 0 fully saturated rings. The second-order valence-electron chi connectivity index (χ2n) is 7.70. The zero-order chi connectivity index (χ0) is 24.1. The van der Waals surface area contributed by atoms with E-state index in [1.807, 2.05) is 24.3 Å². The lowest BCUT2D eigenvalue weighted by atomic mass is 10.0. The molecule has 0 aliphatic carbocycles. The number of rotatable bonds is 7. The van der Waals surface area contributed by atoms with E-state index in [1.165, 1.54) is 35.6 Å². The van der Waals surface area contributed by atoms with E-state index in [0.29, 0.717) is 18.7 Å². The lowest BCUT2D eigenvalue weighted by Crippen LogP contribution is -2.35. The van der Waals surface area contributed by atoms with Crippen LogP contribution in [0.3, 0.4) is 0 Å². The fraction of sp³-hybridized carbons (Fsp3) is 0.200. The van der Waals surface area contributed by atoms with Crippen molar-refractivity contribution in [3.8, 4) is 5.75 Å². The second-order valence-corrected chi connectivity index (χ2v) is 9.67. The van der Waals surface area contributed by atoms with Crippen molar-refractivity contribution < 1.29 is 27.5 Å². The van der Waals surface area contributed by atoms with Gasteiger partial charge >= 0.3 is 5.97 Å². The van der Waals surface area contributed by atoms with E-state index in [2.05, 4.69) is 5.32 Å². The molecule has 0 radical (unpaired) electrons. The third-order valence-electron chi connectivity index (χ3n) is 5.50. The van der Waals surface area contributed by atoms with Crippen molar-refractivity contribution in [1.29, 1.82) is 0 Å². The van der Waals surface area contributed by atoms with Gasteiger partial charge in [0.15, 0.2) is 6.61 Å². The maximum absolute atomic E-state index is 12.9. The smallest absolute Gasteiger partial charge is 0.338 e. The molecule has 9 heteroatoms. The molecule has 1 unspecified atom stereocenters. The summed E-state index contributed by atoms with van der Waals surface area (Å²) < 4.78 is 37.6. The molecule has 0 saturated heterocycles. The molecule has 0 saturated carbocycles. The highest BCUT2D eigenvalue weighted by Crippen LogP contribution is 2.31. The predicted molar refractivity (Wildman–Crippen MR) is 126 cm³/mol. The number of benzene rings is 3.